The fourth-order valence-corrected chi connectivity index (χ4v) is 3.06. The summed E-state index contributed by atoms with van der Waals surface area (Å²) in [6, 6.07) is 0. The van der Waals surface area contributed by atoms with E-state index in [0.29, 0.717) is 10.6 Å². The number of hydrogen-bond donors (Lipinski definition) is 2. The second-order valence-electron chi connectivity index (χ2n) is 5.51. The fourth-order valence-electron chi connectivity index (χ4n) is 1.77. The van der Waals surface area contributed by atoms with Crippen molar-refractivity contribution in [2.24, 2.45) is 0 Å². The molecule has 0 aliphatic heterocycles. The van der Waals surface area contributed by atoms with Crippen molar-refractivity contribution in [2.75, 3.05) is 5.32 Å². The number of nitrogens with zero attached hydrogens (tertiary/aromatic N) is 1. The standard InChI is InChI=1S/C13H17N3O2S2/c1-6-7(2)20-10-8(6)9(14-11(19)16-10)15-12(17)18-13(3,4)5/h1-5H3,(H2,14,15,16,17,19). The minimum absolute atomic E-state index is 0.338. The molecule has 0 fully saturated rings. The molecule has 2 aromatic rings. The van der Waals surface area contributed by atoms with E-state index in [4.69, 9.17) is 17.0 Å². The molecular formula is C13H17N3O2S2. The molecule has 0 aliphatic rings. The van der Waals surface area contributed by atoms with Gasteiger partial charge in [0.25, 0.3) is 0 Å². The SMILES string of the molecule is Cc1sc2nc(=S)[nH]c(NC(=O)OC(C)(C)C)c2c1C. The third-order valence-corrected chi connectivity index (χ3v) is 3.97. The third-order valence-electron chi connectivity index (χ3n) is 2.68. The molecule has 0 aliphatic carbocycles. The molecule has 2 N–H and O–H groups in total. The first-order chi connectivity index (χ1) is 9.17. The molecule has 20 heavy (non-hydrogen) atoms. The maximum absolute atomic E-state index is 11.9. The van der Waals surface area contributed by atoms with E-state index in [-0.39, 0.29) is 0 Å². The molecule has 0 saturated heterocycles. The average molecular weight is 311 g/mol. The van der Waals surface area contributed by atoms with Crippen LogP contribution >= 0.6 is 23.6 Å². The normalized spacial score (nSPS) is 11.7. The third kappa shape index (κ3) is 3.16. The van der Waals surface area contributed by atoms with E-state index in [1.807, 2.05) is 34.6 Å². The Kier molecular flexibility index (Phi) is 3.84. The first kappa shape index (κ1) is 14.9. The van der Waals surface area contributed by atoms with Crippen molar-refractivity contribution in [1.82, 2.24) is 9.97 Å². The summed E-state index contributed by atoms with van der Waals surface area (Å²) in [5, 5.41) is 3.60. The van der Waals surface area contributed by atoms with Crippen molar-refractivity contribution < 1.29 is 9.53 Å². The van der Waals surface area contributed by atoms with Gasteiger partial charge >= 0.3 is 6.09 Å². The van der Waals surface area contributed by atoms with Crippen molar-refractivity contribution in [3.8, 4) is 0 Å². The zero-order chi connectivity index (χ0) is 15.1. The first-order valence-electron chi connectivity index (χ1n) is 6.17. The number of ether oxygens (including phenoxy) is 1. The van der Waals surface area contributed by atoms with Crippen LogP contribution in [-0.4, -0.2) is 21.7 Å². The number of carbonyl (C=O) groups excluding carboxylic acids is 1. The van der Waals surface area contributed by atoms with Gasteiger partial charge in [0.15, 0.2) is 4.77 Å². The van der Waals surface area contributed by atoms with Crippen LogP contribution in [0.4, 0.5) is 10.6 Å². The Morgan fingerprint density at radius 2 is 2.05 bits per heavy atom. The first-order valence-corrected chi connectivity index (χ1v) is 7.40. The highest BCUT2D eigenvalue weighted by molar-refractivity contribution is 7.71. The molecule has 7 heteroatoms. The lowest BCUT2D eigenvalue weighted by molar-refractivity contribution is 0.0635. The summed E-state index contributed by atoms with van der Waals surface area (Å²) in [5.74, 6) is 0.538. The molecule has 108 valence electrons. The fraction of sp³-hybridized carbons (Fsp3) is 0.462. The van der Waals surface area contributed by atoms with Gasteiger partial charge in [-0.25, -0.2) is 9.78 Å². The van der Waals surface area contributed by atoms with E-state index in [0.717, 1.165) is 20.7 Å². The number of rotatable bonds is 1. The predicted molar refractivity (Wildman–Crippen MR) is 84.1 cm³/mol. The number of amides is 1. The molecule has 0 saturated carbocycles. The highest BCUT2D eigenvalue weighted by atomic mass is 32.1. The topological polar surface area (TPSA) is 67.0 Å². The van der Waals surface area contributed by atoms with Crippen LogP contribution in [0.3, 0.4) is 0 Å². The molecule has 0 bridgehead atoms. The number of nitrogens with one attached hydrogen (secondary N) is 2. The Bertz CT molecular complexity index is 726. The molecule has 0 radical (unpaired) electrons. The smallest absolute Gasteiger partial charge is 0.413 e. The quantitative estimate of drug-likeness (QED) is 0.770. The molecule has 0 unspecified atom stereocenters. The largest absolute Gasteiger partial charge is 0.444 e. The molecule has 0 spiro atoms. The Labute approximate surface area is 126 Å². The highest BCUT2D eigenvalue weighted by Crippen LogP contribution is 2.32. The van der Waals surface area contributed by atoms with Gasteiger partial charge in [0, 0.05) is 4.88 Å². The van der Waals surface area contributed by atoms with E-state index in [9.17, 15) is 4.79 Å². The molecule has 1 amide bonds. The van der Waals surface area contributed by atoms with Gasteiger partial charge in [0.05, 0.1) is 5.39 Å². The summed E-state index contributed by atoms with van der Waals surface area (Å²) in [6.07, 6.45) is -0.515. The Morgan fingerprint density at radius 3 is 2.65 bits per heavy atom. The lowest BCUT2D eigenvalue weighted by atomic mass is 10.2. The zero-order valence-electron chi connectivity index (χ0n) is 12.1. The summed E-state index contributed by atoms with van der Waals surface area (Å²) >= 11 is 6.65. The number of carbonyl (C=O) groups is 1. The molecule has 2 rings (SSSR count). The van der Waals surface area contributed by atoms with E-state index in [1.54, 1.807) is 11.3 Å². The van der Waals surface area contributed by atoms with Crippen molar-refractivity contribution in [2.45, 2.75) is 40.2 Å². The minimum Gasteiger partial charge on any atom is -0.444 e. The number of H-pyrrole nitrogens is 1. The number of anilines is 1. The summed E-state index contributed by atoms with van der Waals surface area (Å²) in [7, 11) is 0. The summed E-state index contributed by atoms with van der Waals surface area (Å²) in [4.78, 5) is 21.1. The van der Waals surface area contributed by atoms with Gasteiger partial charge in [-0.2, -0.15) is 0 Å². The van der Waals surface area contributed by atoms with E-state index in [1.165, 1.54) is 0 Å². The van der Waals surface area contributed by atoms with Crippen LogP contribution in [0, 0.1) is 18.6 Å². The number of aryl methyl sites for hydroxylation is 2. The van der Waals surface area contributed by atoms with Gasteiger partial charge in [-0.15, -0.1) is 11.3 Å². The van der Waals surface area contributed by atoms with Crippen molar-refractivity contribution in [3.05, 3.63) is 15.2 Å². The van der Waals surface area contributed by atoms with E-state index in [2.05, 4.69) is 15.3 Å². The summed E-state index contributed by atoms with van der Waals surface area (Å²) < 4.78 is 5.59. The molecule has 0 atom stereocenters. The molecular weight excluding hydrogens is 294 g/mol. The maximum atomic E-state index is 11.9. The maximum Gasteiger partial charge on any atom is 0.413 e. The molecule has 2 heterocycles. The van der Waals surface area contributed by atoms with Gasteiger partial charge in [-0.3, -0.25) is 5.32 Å². The van der Waals surface area contributed by atoms with Gasteiger partial charge in [0.1, 0.15) is 16.2 Å². The Hall–Kier alpha value is -1.47. The van der Waals surface area contributed by atoms with Crippen LogP contribution in [0.15, 0.2) is 0 Å². The van der Waals surface area contributed by atoms with E-state index < -0.39 is 11.7 Å². The van der Waals surface area contributed by atoms with Crippen LogP contribution in [0.5, 0.6) is 0 Å². The number of hydrogen-bond acceptors (Lipinski definition) is 5. The summed E-state index contributed by atoms with van der Waals surface area (Å²) in [6.45, 7) is 9.46. The van der Waals surface area contributed by atoms with E-state index >= 15 is 0 Å². The van der Waals surface area contributed by atoms with Crippen LogP contribution in [0.2, 0.25) is 0 Å². The number of aromatic amines is 1. The van der Waals surface area contributed by atoms with Gasteiger partial charge in [-0.1, -0.05) is 0 Å². The lowest BCUT2D eigenvalue weighted by Crippen LogP contribution is -2.27. The van der Waals surface area contributed by atoms with Crippen molar-refractivity contribution in [3.63, 3.8) is 0 Å². The highest BCUT2D eigenvalue weighted by Gasteiger charge is 2.19. The van der Waals surface area contributed by atoms with Crippen LogP contribution in [-0.2, 0) is 4.74 Å². The predicted octanol–water partition coefficient (Wildman–Crippen LogP) is 4.32. The second kappa shape index (κ2) is 5.14. The summed E-state index contributed by atoms with van der Waals surface area (Å²) in [5.41, 5.74) is 0.530. The average Bonchev–Trinajstić information content (AvgIpc) is 2.51. The monoisotopic (exact) mass is 311 g/mol. The van der Waals surface area contributed by atoms with Gasteiger partial charge in [0.2, 0.25) is 0 Å². The second-order valence-corrected chi connectivity index (χ2v) is 7.10. The Balaban J connectivity index is 2.44. The van der Waals surface area contributed by atoms with Gasteiger partial charge in [-0.05, 0) is 52.4 Å². The zero-order valence-corrected chi connectivity index (χ0v) is 13.7. The molecule has 5 nitrogen and oxygen atoms in total. The van der Waals surface area contributed by atoms with Crippen molar-refractivity contribution >= 4 is 45.7 Å². The minimum atomic E-state index is -0.549. The van der Waals surface area contributed by atoms with Crippen LogP contribution in [0.25, 0.3) is 10.2 Å². The van der Waals surface area contributed by atoms with Gasteiger partial charge < -0.3 is 9.72 Å². The van der Waals surface area contributed by atoms with Crippen LogP contribution < -0.4 is 5.32 Å². The molecule has 0 aromatic carbocycles. The number of fused-ring (bicyclic) bond motifs is 1. The number of thiophene rings is 1. The Morgan fingerprint density at radius 1 is 1.40 bits per heavy atom. The van der Waals surface area contributed by atoms with Crippen molar-refractivity contribution in [1.29, 1.82) is 0 Å². The number of aromatic nitrogens is 2. The lowest BCUT2D eigenvalue weighted by Gasteiger charge is -2.19. The molecule has 2 aromatic heterocycles. The van der Waals surface area contributed by atoms with Crippen LogP contribution in [0.1, 0.15) is 31.2 Å².